The molecule has 2 aromatic heterocycles. The number of thioether (sulfide) groups is 1. The molecule has 0 aliphatic heterocycles. The molecule has 0 saturated carbocycles. The smallest absolute Gasteiger partial charge is 0.240 e. The van der Waals surface area contributed by atoms with Crippen molar-refractivity contribution in [3.8, 4) is 11.4 Å². The third-order valence-corrected chi connectivity index (χ3v) is 6.34. The summed E-state index contributed by atoms with van der Waals surface area (Å²) in [7, 11) is 0. The van der Waals surface area contributed by atoms with E-state index < -0.39 is 0 Å². The molecule has 0 aliphatic carbocycles. The van der Waals surface area contributed by atoms with E-state index in [1.165, 1.54) is 11.8 Å². The number of nitrogens with zero attached hydrogens (tertiary/aromatic N) is 4. The molecule has 0 fully saturated rings. The SMILES string of the molecule is CCN(C(=O)C(C)Sc1nnc(-c2ccccc2C)n1Cc1ccco1)c1ccccc1. The highest BCUT2D eigenvalue weighted by atomic mass is 32.2. The number of hydrogen-bond donors (Lipinski definition) is 0. The van der Waals surface area contributed by atoms with Gasteiger partial charge in [-0.05, 0) is 50.6 Å². The predicted molar refractivity (Wildman–Crippen MR) is 128 cm³/mol. The zero-order chi connectivity index (χ0) is 22.5. The fourth-order valence-electron chi connectivity index (χ4n) is 3.60. The van der Waals surface area contributed by atoms with Crippen LogP contribution in [-0.4, -0.2) is 32.5 Å². The minimum Gasteiger partial charge on any atom is -0.467 e. The first kappa shape index (κ1) is 21.9. The molecule has 4 aromatic rings. The van der Waals surface area contributed by atoms with E-state index in [1.807, 2.05) is 79.1 Å². The summed E-state index contributed by atoms with van der Waals surface area (Å²) < 4.78 is 7.61. The third-order valence-electron chi connectivity index (χ3n) is 5.28. The van der Waals surface area contributed by atoms with Crippen LogP contribution in [0.5, 0.6) is 0 Å². The Labute approximate surface area is 192 Å². The zero-order valence-electron chi connectivity index (χ0n) is 18.4. The predicted octanol–water partition coefficient (Wildman–Crippen LogP) is 5.43. The molecule has 4 rings (SSSR count). The average Bonchev–Trinajstić information content (AvgIpc) is 3.46. The normalized spacial score (nSPS) is 12.0. The van der Waals surface area contributed by atoms with E-state index in [1.54, 1.807) is 11.2 Å². The Morgan fingerprint density at radius 2 is 1.81 bits per heavy atom. The number of carbonyl (C=O) groups is 1. The van der Waals surface area contributed by atoms with Crippen LogP contribution in [0.2, 0.25) is 0 Å². The minimum absolute atomic E-state index is 0.0358. The van der Waals surface area contributed by atoms with Gasteiger partial charge in [0, 0.05) is 17.8 Å². The van der Waals surface area contributed by atoms with Gasteiger partial charge in [0.1, 0.15) is 5.76 Å². The molecule has 1 amide bonds. The number of para-hydroxylation sites is 1. The molecule has 32 heavy (non-hydrogen) atoms. The second-order valence-electron chi connectivity index (χ2n) is 7.46. The van der Waals surface area contributed by atoms with Crippen LogP contribution in [0.1, 0.15) is 25.2 Å². The average molecular weight is 447 g/mol. The van der Waals surface area contributed by atoms with Gasteiger partial charge >= 0.3 is 0 Å². The summed E-state index contributed by atoms with van der Waals surface area (Å²) in [5.41, 5.74) is 3.02. The van der Waals surface area contributed by atoms with Crippen molar-refractivity contribution in [2.24, 2.45) is 0 Å². The van der Waals surface area contributed by atoms with Crippen LogP contribution in [0.15, 0.2) is 82.6 Å². The van der Waals surface area contributed by atoms with Crippen LogP contribution in [0.25, 0.3) is 11.4 Å². The topological polar surface area (TPSA) is 64.2 Å². The highest BCUT2D eigenvalue weighted by molar-refractivity contribution is 8.00. The van der Waals surface area contributed by atoms with Crippen molar-refractivity contribution < 1.29 is 9.21 Å². The largest absolute Gasteiger partial charge is 0.467 e. The van der Waals surface area contributed by atoms with Gasteiger partial charge in [0.25, 0.3) is 0 Å². The monoisotopic (exact) mass is 446 g/mol. The van der Waals surface area contributed by atoms with E-state index >= 15 is 0 Å². The van der Waals surface area contributed by atoms with Gasteiger partial charge in [-0.1, -0.05) is 54.2 Å². The summed E-state index contributed by atoms with van der Waals surface area (Å²) in [6.07, 6.45) is 1.66. The Hall–Kier alpha value is -3.32. The van der Waals surface area contributed by atoms with E-state index in [0.29, 0.717) is 18.2 Å². The molecule has 0 spiro atoms. The number of aryl methyl sites for hydroxylation is 1. The van der Waals surface area contributed by atoms with Crippen molar-refractivity contribution >= 4 is 23.4 Å². The van der Waals surface area contributed by atoms with Crippen molar-refractivity contribution in [2.75, 3.05) is 11.4 Å². The second kappa shape index (κ2) is 9.87. The molecule has 2 aromatic carbocycles. The lowest BCUT2D eigenvalue weighted by Gasteiger charge is -2.24. The number of furan rings is 1. The Balaban J connectivity index is 1.64. The molecule has 0 saturated heterocycles. The maximum atomic E-state index is 13.3. The Bertz CT molecular complexity index is 1170. The number of aromatic nitrogens is 3. The van der Waals surface area contributed by atoms with Crippen molar-refractivity contribution in [1.29, 1.82) is 0 Å². The number of anilines is 1. The van der Waals surface area contributed by atoms with Crippen molar-refractivity contribution in [3.05, 3.63) is 84.3 Å². The van der Waals surface area contributed by atoms with Gasteiger partial charge in [0.2, 0.25) is 5.91 Å². The van der Waals surface area contributed by atoms with Crippen LogP contribution in [0.3, 0.4) is 0 Å². The molecule has 1 atom stereocenters. The lowest BCUT2D eigenvalue weighted by Crippen LogP contribution is -2.36. The maximum Gasteiger partial charge on any atom is 0.240 e. The van der Waals surface area contributed by atoms with Crippen LogP contribution in [0.4, 0.5) is 5.69 Å². The molecule has 0 bridgehead atoms. The molecule has 0 radical (unpaired) electrons. The summed E-state index contributed by atoms with van der Waals surface area (Å²) in [4.78, 5) is 15.1. The van der Waals surface area contributed by atoms with Gasteiger partial charge in [-0.25, -0.2) is 0 Å². The van der Waals surface area contributed by atoms with E-state index in [2.05, 4.69) is 23.2 Å². The third kappa shape index (κ3) is 4.62. The van der Waals surface area contributed by atoms with Crippen molar-refractivity contribution in [3.63, 3.8) is 0 Å². The minimum atomic E-state index is -0.334. The van der Waals surface area contributed by atoms with E-state index in [9.17, 15) is 4.79 Å². The molecular formula is C25H26N4O2S. The number of amides is 1. The zero-order valence-corrected chi connectivity index (χ0v) is 19.2. The van der Waals surface area contributed by atoms with Gasteiger partial charge < -0.3 is 9.32 Å². The first-order valence-electron chi connectivity index (χ1n) is 10.6. The molecule has 0 N–H and O–H groups in total. The molecule has 6 nitrogen and oxygen atoms in total. The van der Waals surface area contributed by atoms with Gasteiger partial charge in [-0.2, -0.15) is 0 Å². The standard InChI is InChI=1S/C25H26N4O2S/c1-4-28(20-12-6-5-7-13-20)24(30)19(3)32-25-27-26-23(22-15-9-8-11-18(22)2)29(25)17-21-14-10-16-31-21/h5-16,19H,4,17H2,1-3H3. The Morgan fingerprint density at radius 3 is 2.50 bits per heavy atom. The molecule has 7 heteroatoms. The van der Waals surface area contributed by atoms with Gasteiger partial charge in [-0.15, -0.1) is 10.2 Å². The lowest BCUT2D eigenvalue weighted by atomic mass is 10.1. The quantitative estimate of drug-likeness (QED) is 0.338. The fourth-order valence-corrected chi connectivity index (χ4v) is 4.51. The summed E-state index contributed by atoms with van der Waals surface area (Å²) in [6.45, 7) is 7.04. The van der Waals surface area contributed by atoms with Crippen LogP contribution < -0.4 is 4.90 Å². The van der Waals surface area contributed by atoms with Gasteiger partial charge in [-0.3, -0.25) is 9.36 Å². The first-order valence-corrected chi connectivity index (χ1v) is 11.5. The highest BCUT2D eigenvalue weighted by Crippen LogP contribution is 2.30. The van der Waals surface area contributed by atoms with E-state index in [4.69, 9.17) is 4.42 Å². The van der Waals surface area contributed by atoms with Crippen LogP contribution in [-0.2, 0) is 11.3 Å². The Kier molecular flexibility index (Phi) is 6.75. The molecular weight excluding hydrogens is 420 g/mol. The second-order valence-corrected chi connectivity index (χ2v) is 8.77. The van der Waals surface area contributed by atoms with Crippen molar-refractivity contribution in [2.45, 2.75) is 37.7 Å². The van der Waals surface area contributed by atoms with Gasteiger partial charge in [0.05, 0.1) is 18.1 Å². The van der Waals surface area contributed by atoms with E-state index in [0.717, 1.165) is 28.4 Å². The molecule has 2 heterocycles. The summed E-state index contributed by atoms with van der Waals surface area (Å²) >= 11 is 1.42. The first-order chi connectivity index (χ1) is 15.6. The number of rotatable bonds is 8. The summed E-state index contributed by atoms with van der Waals surface area (Å²) in [6, 6.07) is 21.6. The maximum absolute atomic E-state index is 13.3. The Morgan fingerprint density at radius 1 is 1.06 bits per heavy atom. The lowest BCUT2D eigenvalue weighted by molar-refractivity contribution is -0.117. The van der Waals surface area contributed by atoms with Gasteiger partial charge in [0.15, 0.2) is 11.0 Å². The number of benzene rings is 2. The molecule has 1 unspecified atom stereocenters. The fraction of sp³-hybridized carbons (Fsp3) is 0.240. The summed E-state index contributed by atoms with van der Waals surface area (Å²) in [5, 5.41) is 9.30. The molecule has 164 valence electrons. The number of hydrogen-bond acceptors (Lipinski definition) is 5. The van der Waals surface area contributed by atoms with Crippen molar-refractivity contribution in [1.82, 2.24) is 14.8 Å². The highest BCUT2D eigenvalue weighted by Gasteiger charge is 2.25. The van der Waals surface area contributed by atoms with Crippen LogP contribution >= 0.6 is 11.8 Å². The number of carbonyl (C=O) groups excluding carboxylic acids is 1. The summed E-state index contributed by atoms with van der Waals surface area (Å²) in [5.74, 6) is 1.60. The van der Waals surface area contributed by atoms with Crippen LogP contribution in [0, 0.1) is 6.92 Å². The van der Waals surface area contributed by atoms with E-state index in [-0.39, 0.29) is 11.2 Å². The molecule has 0 aliphatic rings.